The van der Waals surface area contributed by atoms with Gasteiger partial charge in [-0.1, -0.05) is 0 Å². The molecule has 106 valence electrons. The first-order valence-corrected chi connectivity index (χ1v) is 7.13. The molecule has 3 rings (SSSR count). The highest BCUT2D eigenvalue weighted by molar-refractivity contribution is 5.14. The zero-order valence-electron chi connectivity index (χ0n) is 11.2. The maximum absolute atomic E-state index is 11.0. The third-order valence-corrected chi connectivity index (χ3v) is 5.10. The van der Waals surface area contributed by atoms with E-state index in [2.05, 4.69) is 6.07 Å². The van der Waals surface area contributed by atoms with Crippen LogP contribution in [0.5, 0.6) is 0 Å². The van der Waals surface area contributed by atoms with Crippen molar-refractivity contribution in [2.24, 2.45) is 5.41 Å². The van der Waals surface area contributed by atoms with Crippen LogP contribution in [0.4, 0.5) is 0 Å². The second kappa shape index (κ2) is 4.71. The van der Waals surface area contributed by atoms with Crippen LogP contribution in [0.2, 0.25) is 0 Å². The SMILES string of the molecule is N#CC1(C2(O)CCC3(CC2)OCCO3)CCOCC1. The van der Waals surface area contributed by atoms with Gasteiger partial charge >= 0.3 is 0 Å². The second-order valence-corrected chi connectivity index (χ2v) is 5.95. The van der Waals surface area contributed by atoms with Crippen molar-refractivity contribution in [2.75, 3.05) is 26.4 Å². The van der Waals surface area contributed by atoms with Crippen LogP contribution in [-0.4, -0.2) is 42.9 Å². The van der Waals surface area contributed by atoms with Crippen LogP contribution in [-0.2, 0) is 14.2 Å². The van der Waals surface area contributed by atoms with Gasteiger partial charge in [0, 0.05) is 26.1 Å². The largest absolute Gasteiger partial charge is 0.388 e. The minimum atomic E-state index is -0.925. The number of rotatable bonds is 1. The Kier molecular flexibility index (Phi) is 3.30. The number of nitrogens with zero attached hydrogens (tertiary/aromatic N) is 1. The van der Waals surface area contributed by atoms with E-state index in [1.54, 1.807) is 0 Å². The minimum absolute atomic E-state index is 0.492. The molecular weight excluding hydrogens is 246 g/mol. The second-order valence-electron chi connectivity index (χ2n) is 5.95. The van der Waals surface area contributed by atoms with E-state index >= 15 is 0 Å². The Balaban J connectivity index is 1.75. The van der Waals surface area contributed by atoms with E-state index < -0.39 is 16.8 Å². The molecule has 0 atom stereocenters. The van der Waals surface area contributed by atoms with Crippen LogP contribution in [0.15, 0.2) is 0 Å². The van der Waals surface area contributed by atoms with Gasteiger partial charge in [0.25, 0.3) is 0 Å². The van der Waals surface area contributed by atoms with Crippen LogP contribution in [0.3, 0.4) is 0 Å². The van der Waals surface area contributed by atoms with Crippen molar-refractivity contribution >= 4 is 0 Å². The molecule has 0 bridgehead atoms. The quantitative estimate of drug-likeness (QED) is 0.776. The Labute approximate surface area is 113 Å². The van der Waals surface area contributed by atoms with Gasteiger partial charge in [-0.3, -0.25) is 0 Å². The summed E-state index contributed by atoms with van der Waals surface area (Å²) in [4.78, 5) is 0. The van der Waals surface area contributed by atoms with Crippen LogP contribution in [0, 0.1) is 16.7 Å². The monoisotopic (exact) mass is 267 g/mol. The Bertz CT molecular complexity index is 367. The fourth-order valence-corrected chi connectivity index (χ4v) is 3.71. The van der Waals surface area contributed by atoms with Crippen LogP contribution >= 0.6 is 0 Å². The predicted molar refractivity (Wildman–Crippen MR) is 66.2 cm³/mol. The first-order valence-electron chi connectivity index (χ1n) is 7.13. The van der Waals surface area contributed by atoms with Crippen molar-refractivity contribution in [1.29, 1.82) is 5.26 Å². The van der Waals surface area contributed by atoms with Crippen molar-refractivity contribution in [1.82, 2.24) is 0 Å². The van der Waals surface area contributed by atoms with Gasteiger partial charge in [0.2, 0.25) is 0 Å². The minimum Gasteiger partial charge on any atom is -0.388 e. The van der Waals surface area contributed by atoms with E-state index in [1.165, 1.54) is 0 Å². The van der Waals surface area contributed by atoms with E-state index in [-0.39, 0.29) is 0 Å². The summed E-state index contributed by atoms with van der Waals surface area (Å²) in [5.41, 5.74) is -1.59. The molecule has 3 aliphatic rings. The average Bonchev–Trinajstić information content (AvgIpc) is 2.92. The lowest BCUT2D eigenvalue weighted by Crippen LogP contribution is -2.55. The standard InChI is InChI=1S/C14H21NO4/c15-11-12(5-7-17-8-6-12)13(16)1-3-14(4-2-13)18-9-10-19-14/h16H,1-10H2. The van der Waals surface area contributed by atoms with Gasteiger partial charge in [-0.15, -0.1) is 0 Å². The topological polar surface area (TPSA) is 71.7 Å². The number of aliphatic hydroxyl groups is 1. The Morgan fingerprint density at radius 3 is 1.95 bits per heavy atom. The van der Waals surface area contributed by atoms with Crippen molar-refractivity contribution in [3.05, 3.63) is 0 Å². The summed E-state index contributed by atoms with van der Waals surface area (Å²) in [6, 6.07) is 2.40. The smallest absolute Gasteiger partial charge is 0.168 e. The van der Waals surface area contributed by atoms with Crippen LogP contribution in [0.25, 0.3) is 0 Å². The predicted octanol–water partition coefficient (Wildman–Crippen LogP) is 1.35. The fraction of sp³-hybridized carbons (Fsp3) is 0.929. The molecule has 1 aliphatic carbocycles. The summed E-state index contributed by atoms with van der Waals surface area (Å²) < 4.78 is 16.7. The summed E-state index contributed by atoms with van der Waals surface area (Å²) in [6.07, 6.45) is 3.73. The molecule has 3 fully saturated rings. The lowest BCUT2D eigenvalue weighted by atomic mass is 9.61. The van der Waals surface area contributed by atoms with Gasteiger partial charge in [-0.25, -0.2) is 0 Å². The molecule has 0 amide bonds. The summed E-state index contributed by atoms with van der Waals surface area (Å²) in [6.45, 7) is 2.40. The van der Waals surface area contributed by atoms with Gasteiger partial charge in [0.15, 0.2) is 5.79 Å². The molecule has 1 saturated carbocycles. The maximum atomic E-state index is 11.0. The van der Waals surface area contributed by atoms with Gasteiger partial charge < -0.3 is 19.3 Å². The van der Waals surface area contributed by atoms with Crippen molar-refractivity contribution < 1.29 is 19.3 Å². The molecule has 5 nitrogen and oxygen atoms in total. The summed E-state index contributed by atoms with van der Waals surface area (Å²) >= 11 is 0. The number of ether oxygens (including phenoxy) is 3. The molecule has 2 aliphatic heterocycles. The van der Waals surface area contributed by atoms with Crippen molar-refractivity contribution in [2.45, 2.75) is 49.9 Å². The molecule has 1 N–H and O–H groups in total. The molecule has 1 spiro atoms. The highest BCUT2D eigenvalue weighted by Crippen LogP contribution is 2.51. The van der Waals surface area contributed by atoms with E-state index in [1.807, 2.05) is 0 Å². The zero-order chi connectivity index (χ0) is 13.4. The van der Waals surface area contributed by atoms with E-state index in [0.717, 1.165) is 0 Å². The average molecular weight is 267 g/mol. The van der Waals surface area contributed by atoms with Crippen LogP contribution < -0.4 is 0 Å². The van der Waals surface area contributed by atoms with E-state index in [0.29, 0.717) is 65.0 Å². The highest BCUT2D eigenvalue weighted by atomic mass is 16.7. The number of nitriles is 1. The third kappa shape index (κ3) is 2.07. The fourth-order valence-electron chi connectivity index (χ4n) is 3.71. The van der Waals surface area contributed by atoms with Crippen molar-refractivity contribution in [3.8, 4) is 6.07 Å². The number of hydrogen-bond acceptors (Lipinski definition) is 5. The van der Waals surface area contributed by atoms with E-state index in [4.69, 9.17) is 14.2 Å². The molecule has 2 heterocycles. The molecule has 0 radical (unpaired) electrons. The molecule has 2 saturated heterocycles. The maximum Gasteiger partial charge on any atom is 0.168 e. The van der Waals surface area contributed by atoms with Gasteiger partial charge in [-0.2, -0.15) is 5.26 Å². The molecule has 0 aromatic carbocycles. The summed E-state index contributed by atoms with van der Waals surface area (Å²) in [5.74, 6) is -0.492. The molecular formula is C14H21NO4. The lowest BCUT2D eigenvalue weighted by Gasteiger charge is -2.49. The van der Waals surface area contributed by atoms with Gasteiger partial charge in [0.05, 0.1) is 30.3 Å². The van der Waals surface area contributed by atoms with Gasteiger partial charge in [0.1, 0.15) is 0 Å². The molecule has 5 heteroatoms. The summed E-state index contributed by atoms with van der Waals surface area (Å²) in [5, 5.41) is 20.6. The van der Waals surface area contributed by atoms with Crippen LogP contribution in [0.1, 0.15) is 38.5 Å². The number of hydrogen-bond donors (Lipinski definition) is 1. The van der Waals surface area contributed by atoms with Crippen molar-refractivity contribution in [3.63, 3.8) is 0 Å². The first-order chi connectivity index (χ1) is 9.14. The molecule has 0 unspecified atom stereocenters. The Hall–Kier alpha value is -0.670. The van der Waals surface area contributed by atoms with E-state index in [9.17, 15) is 10.4 Å². The zero-order valence-corrected chi connectivity index (χ0v) is 11.2. The molecule has 0 aromatic rings. The molecule has 0 aromatic heterocycles. The summed E-state index contributed by atoms with van der Waals surface area (Å²) in [7, 11) is 0. The Morgan fingerprint density at radius 2 is 1.42 bits per heavy atom. The molecule has 19 heavy (non-hydrogen) atoms. The highest BCUT2D eigenvalue weighted by Gasteiger charge is 2.56. The van der Waals surface area contributed by atoms with Gasteiger partial charge in [-0.05, 0) is 25.7 Å². The third-order valence-electron chi connectivity index (χ3n) is 5.10. The first kappa shape index (κ1) is 13.3. The lowest BCUT2D eigenvalue weighted by molar-refractivity contribution is -0.222. The Morgan fingerprint density at radius 1 is 0.842 bits per heavy atom. The normalized spacial score (nSPS) is 32.0.